The van der Waals surface area contributed by atoms with Gasteiger partial charge in [0.2, 0.25) is 0 Å². The molecule has 84 valence electrons. The van der Waals surface area contributed by atoms with Gasteiger partial charge in [0.15, 0.2) is 5.16 Å². The minimum Gasteiger partial charge on any atom is -0.330 e. The highest BCUT2D eigenvalue weighted by Crippen LogP contribution is 2.25. The molecule has 1 aromatic heterocycles. The zero-order valence-electron chi connectivity index (χ0n) is 8.64. The first-order chi connectivity index (χ1) is 7.83. The maximum atomic E-state index is 6.14. The van der Waals surface area contributed by atoms with Gasteiger partial charge in [0.05, 0.1) is 10.7 Å². The van der Waals surface area contributed by atoms with E-state index < -0.39 is 0 Å². The van der Waals surface area contributed by atoms with Gasteiger partial charge < -0.3 is 5.73 Å². The fourth-order valence-corrected chi connectivity index (χ4v) is 2.34. The number of aromatic nitrogens is 2. The van der Waals surface area contributed by atoms with Crippen molar-refractivity contribution in [2.24, 2.45) is 5.73 Å². The first kappa shape index (κ1) is 11.5. The van der Waals surface area contributed by atoms with Gasteiger partial charge in [0.25, 0.3) is 0 Å². The summed E-state index contributed by atoms with van der Waals surface area (Å²) in [5, 5.41) is 1.63. The Kier molecular flexibility index (Phi) is 3.88. The van der Waals surface area contributed by atoms with Crippen LogP contribution in [0.3, 0.4) is 0 Å². The highest BCUT2D eigenvalue weighted by Gasteiger charge is 2.07. The summed E-state index contributed by atoms with van der Waals surface area (Å²) in [6, 6.07) is 7.71. The van der Waals surface area contributed by atoms with Crippen LogP contribution in [0.2, 0.25) is 5.02 Å². The summed E-state index contributed by atoms with van der Waals surface area (Å²) in [5.74, 6) is 0.849. The van der Waals surface area contributed by atoms with Crippen molar-refractivity contribution >= 4 is 23.4 Å². The molecular weight excluding hydrogens is 242 g/mol. The molecule has 0 amide bonds. The van der Waals surface area contributed by atoms with E-state index in [0.29, 0.717) is 6.54 Å². The van der Waals surface area contributed by atoms with Crippen molar-refractivity contribution in [1.29, 1.82) is 0 Å². The maximum absolute atomic E-state index is 6.14. The molecule has 0 aliphatic carbocycles. The summed E-state index contributed by atoms with van der Waals surface area (Å²) in [5.41, 5.74) is 6.43. The Balaban J connectivity index is 2.33. The molecule has 0 unspecified atom stereocenters. The number of benzene rings is 1. The molecule has 5 heteroatoms. The van der Waals surface area contributed by atoms with Crippen LogP contribution in [0, 0.1) is 0 Å². The van der Waals surface area contributed by atoms with Crippen LogP contribution in [0.4, 0.5) is 0 Å². The molecule has 0 atom stereocenters. The third kappa shape index (κ3) is 2.40. The lowest BCUT2D eigenvalue weighted by atomic mass is 10.3. The van der Waals surface area contributed by atoms with E-state index in [-0.39, 0.29) is 0 Å². The average molecular weight is 254 g/mol. The second kappa shape index (κ2) is 5.39. The molecule has 0 fully saturated rings. The van der Waals surface area contributed by atoms with E-state index in [1.807, 2.05) is 35.0 Å². The molecule has 0 aliphatic heterocycles. The molecule has 0 saturated carbocycles. The van der Waals surface area contributed by atoms with Crippen molar-refractivity contribution in [3.63, 3.8) is 0 Å². The summed E-state index contributed by atoms with van der Waals surface area (Å²) in [6.07, 6.45) is 3.67. The smallest absolute Gasteiger partial charge is 0.172 e. The first-order valence-electron chi connectivity index (χ1n) is 4.94. The van der Waals surface area contributed by atoms with E-state index in [4.69, 9.17) is 17.3 Å². The zero-order valence-corrected chi connectivity index (χ0v) is 10.2. The highest BCUT2D eigenvalue weighted by atomic mass is 35.5. The normalized spacial score (nSPS) is 10.6. The van der Waals surface area contributed by atoms with Crippen LogP contribution >= 0.6 is 23.4 Å². The van der Waals surface area contributed by atoms with Crippen molar-refractivity contribution in [2.45, 2.75) is 5.16 Å². The molecule has 1 aromatic carbocycles. The predicted molar refractivity (Wildman–Crippen MR) is 68.4 cm³/mol. The Hall–Kier alpha value is -0.970. The van der Waals surface area contributed by atoms with E-state index in [1.54, 1.807) is 18.0 Å². The second-order valence-electron chi connectivity index (χ2n) is 3.17. The van der Waals surface area contributed by atoms with E-state index in [9.17, 15) is 0 Å². The van der Waals surface area contributed by atoms with Gasteiger partial charge >= 0.3 is 0 Å². The van der Waals surface area contributed by atoms with Crippen LogP contribution in [0.1, 0.15) is 0 Å². The van der Waals surface area contributed by atoms with Crippen molar-refractivity contribution in [1.82, 2.24) is 9.55 Å². The van der Waals surface area contributed by atoms with Crippen LogP contribution in [-0.4, -0.2) is 21.8 Å². The fourth-order valence-electron chi connectivity index (χ4n) is 1.38. The van der Waals surface area contributed by atoms with Crippen LogP contribution < -0.4 is 5.73 Å². The Labute approximate surface area is 104 Å². The van der Waals surface area contributed by atoms with Crippen molar-refractivity contribution in [2.75, 3.05) is 12.3 Å². The van der Waals surface area contributed by atoms with Gasteiger partial charge in [-0.15, -0.1) is 0 Å². The first-order valence-corrected chi connectivity index (χ1v) is 6.30. The number of imidazole rings is 1. The number of rotatable bonds is 4. The minimum atomic E-state index is 0.639. The molecular formula is C11H12ClN3S. The third-order valence-corrected chi connectivity index (χ3v) is 3.39. The number of halogens is 1. The molecule has 0 spiro atoms. The molecule has 2 aromatic rings. The van der Waals surface area contributed by atoms with Crippen LogP contribution in [-0.2, 0) is 0 Å². The number of hydrogen-bond acceptors (Lipinski definition) is 3. The summed E-state index contributed by atoms with van der Waals surface area (Å²) in [4.78, 5) is 4.28. The largest absolute Gasteiger partial charge is 0.330 e. The van der Waals surface area contributed by atoms with Crippen molar-refractivity contribution < 1.29 is 0 Å². The van der Waals surface area contributed by atoms with Crippen molar-refractivity contribution in [3.05, 3.63) is 41.7 Å². The number of para-hydroxylation sites is 1. The van der Waals surface area contributed by atoms with Gasteiger partial charge in [-0.2, -0.15) is 0 Å². The standard InChI is InChI=1S/C11H12ClN3S/c12-9-3-1-2-4-10(9)15-7-6-14-11(15)16-8-5-13/h1-4,6-7H,5,8,13H2. The van der Waals surface area contributed by atoms with Gasteiger partial charge in [-0.05, 0) is 12.1 Å². The van der Waals surface area contributed by atoms with Gasteiger partial charge in [-0.25, -0.2) is 4.98 Å². The van der Waals surface area contributed by atoms with Gasteiger partial charge in [0.1, 0.15) is 0 Å². The SMILES string of the molecule is NCCSc1nccn1-c1ccccc1Cl. The van der Waals surface area contributed by atoms with Gasteiger partial charge in [-0.1, -0.05) is 35.5 Å². The van der Waals surface area contributed by atoms with Crippen LogP contribution in [0.15, 0.2) is 41.8 Å². The molecule has 0 aliphatic rings. The Morgan fingerprint density at radius 1 is 1.38 bits per heavy atom. The molecule has 3 nitrogen and oxygen atoms in total. The van der Waals surface area contributed by atoms with Gasteiger partial charge in [0, 0.05) is 24.7 Å². The maximum Gasteiger partial charge on any atom is 0.172 e. The lowest BCUT2D eigenvalue weighted by Crippen LogP contribution is -2.03. The molecule has 0 saturated heterocycles. The number of nitrogens with two attached hydrogens (primary N) is 1. The van der Waals surface area contributed by atoms with E-state index >= 15 is 0 Å². The summed E-state index contributed by atoms with van der Waals surface area (Å²) in [7, 11) is 0. The molecule has 0 radical (unpaired) electrons. The molecule has 2 N–H and O–H groups in total. The third-order valence-electron chi connectivity index (χ3n) is 2.07. The Morgan fingerprint density at radius 3 is 2.94 bits per heavy atom. The molecule has 2 rings (SSSR count). The number of nitrogens with zero attached hydrogens (tertiary/aromatic N) is 2. The monoisotopic (exact) mass is 253 g/mol. The molecule has 16 heavy (non-hydrogen) atoms. The van der Waals surface area contributed by atoms with E-state index in [0.717, 1.165) is 21.6 Å². The highest BCUT2D eigenvalue weighted by molar-refractivity contribution is 7.99. The summed E-state index contributed by atoms with van der Waals surface area (Å²) in [6.45, 7) is 0.639. The molecule has 1 heterocycles. The van der Waals surface area contributed by atoms with E-state index in [2.05, 4.69) is 4.98 Å². The van der Waals surface area contributed by atoms with Crippen LogP contribution in [0.25, 0.3) is 5.69 Å². The zero-order chi connectivity index (χ0) is 11.4. The summed E-state index contributed by atoms with van der Waals surface area (Å²) >= 11 is 7.76. The number of hydrogen-bond donors (Lipinski definition) is 1. The Morgan fingerprint density at radius 2 is 2.19 bits per heavy atom. The topological polar surface area (TPSA) is 43.8 Å². The van der Waals surface area contributed by atoms with Gasteiger partial charge in [-0.3, -0.25) is 4.57 Å². The van der Waals surface area contributed by atoms with Crippen LogP contribution in [0.5, 0.6) is 0 Å². The summed E-state index contributed by atoms with van der Waals surface area (Å²) < 4.78 is 1.97. The van der Waals surface area contributed by atoms with Crippen molar-refractivity contribution in [3.8, 4) is 5.69 Å². The minimum absolute atomic E-state index is 0.639. The predicted octanol–water partition coefficient (Wildman–Crippen LogP) is 2.58. The lowest BCUT2D eigenvalue weighted by Gasteiger charge is -2.08. The fraction of sp³-hybridized carbons (Fsp3) is 0.182. The average Bonchev–Trinajstić information content (AvgIpc) is 2.75. The Bertz CT molecular complexity index is 470. The lowest BCUT2D eigenvalue weighted by molar-refractivity contribution is 0.894. The number of thioether (sulfide) groups is 1. The van der Waals surface area contributed by atoms with E-state index in [1.165, 1.54) is 0 Å². The quantitative estimate of drug-likeness (QED) is 0.852. The molecule has 0 bridgehead atoms. The second-order valence-corrected chi connectivity index (χ2v) is 4.64.